The summed E-state index contributed by atoms with van der Waals surface area (Å²) in [5.41, 5.74) is 2.37. The third-order valence-electron chi connectivity index (χ3n) is 3.61. The van der Waals surface area contributed by atoms with Crippen LogP contribution in [0.15, 0.2) is 48.4 Å². The van der Waals surface area contributed by atoms with Gasteiger partial charge in [0.1, 0.15) is 5.70 Å². The van der Waals surface area contributed by atoms with Crippen molar-refractivity contribution in [1.29, 1.82) is 0 Å². The summed E-state index contributed by atoms with van der Waals surface area (Å²) in [6.45, 7) is 1.97. The van der Waals surface area contributed by atoms with Gasteiger partial charge in [0.25, 0.3) is 5.91 Å². The standard InChI is InChI=1S/C16H16N4OS/c1-11(13-6-4-3-5-7-13)20-15(21)14(18-16(20)22)8-12-9-17-19(2)10-12/h3-11H,1-2H3,(H,18,22)/b14-8-. The predicted octanol–water partition coefficient (Wildman–Crippen LogP) is 2.24. The van der Waals surface area contributed by atoms with Crippen molar-refractivity contribution in [3.05, 3.63) is 59.5 Å². The SMILES string of the molecule is CC(c1ccccc1)N1C(=O)/C(=C/c2cnn(C)c2)NC1=S. The lowest BCUT2D eigenvalue weighted by molar-refractivity contribution is -0.123. The Morgan fingerprint density at radius 1 is 1.32 bits per heavy atom. The number of carbonyl (C=O) groups excluding carboxylic acids is 1. The molecule has 1 N–H and O–H groups in total. The Hall–Kier alpha value is -2.47. The number of aromatic nitrogens is 2. The van der Waals surface area contributed by atoms with Gasteiger partial charge in [-0.25, -0.2) is 0 Å². The molecule has 0 spiro atoms. The second kappa shape index (κ2) is 5.73. The Balaban J connectivity index is 1.87. The van der Waals surface area contributed by atoms with E-state index in [2.05, 4.69) is 10.4 Å². The van der Waals surface area contributed by atoms with Crippen molar-refractivity contribution in [2.45, 2.75) is 13.0 Å². The summed E-state index contributed by atoms with van der Waals surface area (Å²) in [5.74, 6) is -0.120. The zero-order valence-corrected chi connectivity index (χ0v) is 13.2. The van der Waals surface area contributed by atoms with Gasteiger partial charge in [0, 0.05) is 18.8 Å². The van der Waals surface area contributed by atoms with Crippen LogP contribution in [0.3, 0.4) is 0 Å². The fourth-order valence-corrected chi connectivity index (χ4v) is 2.81. The number of nitrogens with one attached hydrogen (secondary N) is 1. The largest absolute Gasteiger partial charge is 0.328 e. The van der Waals surface area contributed by atoms with Crippen LogP contribution < -0.4 is 5.32 Å². The lowest BCUT2D eigenvalue weighted by Crippen LogP contribution is -2.33. The fraction of sp³-hybridized carbons (Fsp3) is 0.188. The van der Waals surface area contributed by atoms with Crippen molar-refractivity contribution in [3.8, 4) is 0 Å². The molecule has 3 rings (SSSR count). The Labute approximate surface area is 134 Å². The second-order valence-electron chi connectivity index (χ2n) is 5.20. The van der Waals surface area contributed by atoms with Crippen LogP contribution in [0.5, 0.6) is 0 Å². The maximum atomic E-state index is 12.6. The lowest BCUT2D eigenvalue weighted by atomic mass is 10.1. The summed E-state index contributed by atoms with van der Waals surface area (Å²) in [6, 6.07) is 9.72. The highest BCUT2D eigenvalue weighted by Gasteiger charge is 2.34. The van der Waals surface area contributed by atoms with E-state index in [1.807, 2.05) is 50.5 Å². The van der Waals surface area contributed by atoms with Gasteiger partial charge in [-0.3, -0.25) is 14.4 Å². The molecule has 2 heterocycles. The molecule has 2 aromatic rings. The highest BCUT2D eigenvalue weighted by atomic mass is 32.1. The number of carbonyl (C=O) groups is 1. The first kappa shape index (κ1) is 14.5. The van der Waals surface area contributed by atoms with Crippen molar-refractivity contribution in [1.82, 2.24) is 20.0 Å². The number of nitrogens with zero attached hydrogens (tertiary/aromatic N) is 3. The van der Waals surface area contributed by atoms with Gasteiger partial charge < -0.3 is 5.32 Å². The number of benzene rings is 1. The number of amides is 1. The predicted molar refractivity (Wildman–Crippen MR) is 88.6 cm³/mol. The summed E-state index contributed by atoms with van der Waals surface area (Å²) in [6.07, 6.45) is 5.31. The summed E-state index contributed by atoms with van der Waals surface area (Å²) in [7, 11) is 1.83. The first-order valence-electron chi connectivity index (χ1n) is 6.96. The van der Waals surface area contributed by atoms with Gasteiger partial charge in [0.2, 0.25) is 0 Å². The monoisotopic (exact) mass is 312 g/mol. The van der Waals surface area contributed by atoms with E-state index < -0.39 is 0 Å². The second-order valence-corrected chi connectivity index (χ2v) is 5.58. The van der Waals surface area contributed by atoms with E-state index >= 15 is 0 Å². The van der Waals surface area contributed by atoms with Gasteiger partial charge in [0.15, 0.2) is 5.11 Å². The van der Waals surface area contributed by atoms with E-state index in [0.29, 0.717) is 10.8 Å². The van der Waals surface area contributed by atoms with Gasteiger partial charge in [-0.2, -0.15) is 5.10 Å². The molecule has 1 aromatic heterocycles. The van der Waals surface area contributed by atoms with Crippen LogP contribution in [0.25, 0.3) is 6.08 Å². The van der Waals surface area contributed by atoms with E-state index in [1.54, 1.807) is 21.9 Å². The van der Waals surface area contributed by atoms with Crippen LogP contribution in [0, 0.1) is 0 Å². The van der Waals surface area contributed by atoms with Gasteiger partial charge in [0.05, 0.1) is 12.2 Å². The lowest BCUT2D eigenvalue weighted by Gasteiger charge is -2.23. The first-order chi connectivity index (χ1) is 10.6. The highest BCUT2D eigenvalue weighted by Crippen LogP contribution is 2.26. The molecule has 5 nitrogen and oxygen atoms in total. The third kappa shape index (κ3) is 2.65. The Morgan fingerprint density at radius 2 is 2.05 bits per heavy atom. The molecule has 1 aromatic carbocycles. The number of rotatable bonds is 3. The van der Waals surface area contributed by atoms with Crippen molar-refractivity contribution in [2.24, 2.45) is 7.05 Å². The van der Waals surface area contributed by atoms with Crippen LogP contribution in [0.4, 0.5) is 0 Å². The smallest absolute Gasteiger partial charge is 0.277 e. The Bertz CT molecular complexity index is 751. The van der Waals surface area contributed by atoms with Gasteiger partial charge in [-0.05, 0) is 30.8 Å². The van der Waals surface area contributed by atoms with E-state index in [-0.39, 0.29) is 11.9 Å². The summed E-state index contributed by atoms with van der Waals surface area (Å²) in [5, 5.41) is 7.51. The molecular formula is C16H16N4OS. The molecule has 1 fully saturated rings. The highest BCUT2D eigenvalue weighted by molar-refractivity contribution is 7.80. The average Bonchev–Trinajstić information content (AvgIpc) is 3.03. The first-order valence-corrected chi connectivity index (χ1v) is 7.37. The number of aryl methyl sites for hydroxylation is 1. The maximum absolute atomic E-state index is 12.6. The molecule has 1 aliphatic heterocycles. The Morgan fingerprint density at radius 3 is 2.68 bits per heavy atom. The molecule has 112 valence electrons. The van der Waals surface area contributed by atoms with Crippen LogP contribution in [0.2, 0.25) is 0 Å². The molecule has 22 heavy (non-hydrogen) atoms. The number of thiocarbonyl (C=S) groups is 1. The van der Waals surface area contributed by atoms with Crippen molar-refractivity contribution >= 4 is 29.3 Å². The summed E-state index contributed by atoms with van der Waals surface area (Å²) in [4.78, 5) is 14.2. The minimum Gasteiger partial charge on any atom is -0.328 e. The van der Waals surface area contributed by atoms with E-state index in [1.165, 1.54) is 0 Å². The molecule has 0 saturated carbocycles. The van der Waals surface area contributed by atoms with Gasteiger partial charge in [-0.15, -0.1) is 0 Å². The molecule has 1 saturated heterocycles. The zero-order chi connectivity index (χ0) is 15.7. The molecule has 0 bridgehead atoms. The van der Waals surface area contributed by atoms with E-state index in [4.69, 9.17) is 12.2 Å². The van der Waals surface area contributed by atoms with E-state index in [9.17, 15) is 4.79 Å². The topological polar surface area (TPSA) is 50.2 Å². The minimum atomic E-state index is -0.120. The fourth-order valence-electron chi connectivity index (χ4n) is 2.46. The van der Waals surface area contributed by atoms with Crippen LogP contribution in [-0.4, -0.2) is 25.7 Å². The number of hydrogen-bond donors (Lipinski definition) is 1. The van der Waals surface area contributed by atoms with Crippen molar-refractivity contribution in [2.75, 3.05) is 0 Å². The maximum Gasteiger partial charge on any atom is 0.277 e. The third-order valence-corrected chi connectivity index (χ3v) is 3.91. The van der Waals surface area contributed by atoms with Crippen molar-refractivity contribution < 1.29 is 4.79 Å². The molecular weight excluding hydrogens is 296 g/mol. The molecule has 0 radical (unpaired) electrons. The molecule has 6 heteroatoms. The summed E-state index contributed by atoms with van der Waals surface area (Å²) < 4.78 is 1.69. The average molecular weight is 312 g/mol. The van der Waals surface area contributed by atoms with Gasteiger partial charge >= 0.3 is 0 Å². The molecule has 1 amide bonds. The zero-order valence-electron chi connectivity index (χ0n) is 12.4. The van der Waals surface area contributed by atoms with Gasteiger partial charge in [-0.1, -0.05) is 30.3 Å². The van der Waals surface area contributed by atoms with Crippen LogP contribution in [-0.2, 0) is 11.8 Å². The van der Waals surface area contributed by atoms with E-state index in [0.717, 1.165) is 11.1 Å². The molecule has 1 atom stereocenters. The number of hydrogen-bond acceptors (Lipinski definition) is 3. The van der Waals surface area contributed by atoms with Crippen LogP contribution >= 0.6 is 12.2 Å². The summed E-state index contributed by atoms with van der Waals surface area (Å²) >= 11 is 5.32. The molecule has 1 aliphatic rings. The normalized spacial score (nSPS) is 17.9. The van der Waals surface area contributed by atoms with Crippen molar-refractivity contribution in [3.63, 3.8) is 0 Å². The molecule has 0 aliphatic carbocycles. The Kier molecular flexibility index (Phi) is 3.77. The van der Waals surface area contributed by atoms with Crippen LogP contribution in [0.1, 0.15) is 24.1 Å². The quantitative estimate of drug-likeness (QED) is 0.697. The minimum absolute atomic E-state index is 0.117. The molecule has 1 unspecified atom stereocenters.